The van der Waals surface area contributed by atoms with Crippen LogP contribution in [0.3, 0.4) is 0 Å². The summed E-state index contributed by atoms with van der Waals surface area (Å²) in [6.45, 7) is 8.58. The van der Waals surface area contributed by atoms with Crippen molar-refractivity contribution in [3.05, 3.63) is 0 Å². The third kappa shape index (κ3) is 4.15. The van der Waals surface area contributed by atoms with E-state index in [1.165, 1.54) is 0 Å². The Morgan fingerprint density at radius 2 is 1.65 bits per heavy atom. The van der Waals surface area contributed by atoms with Gasteiger partial charge in [-0.15, -0.1) is 0 Å². The van der Waals surface area contributed by atoms with Gasteiger partial charge in [0, 0.05) is 23.9 Å². The number of nitrogens with one attached hydrogen (secondary N) is 1. The maximum Gasteiger partial charge on any atom is 0.363 e. The predicted octanol–water partition coefficient (Wildman–Crippen LogP) is 0.573. The van der Waals surface area contributed by atoms with Crippen LogP contribution in [0.1, 0.15) is 40.5 Å². The minimum Gasteiger partial charge on any atom is -0.458 e. The summed E-state index contributed by atoms with van der Waals surface area (Å²) in [6.07, 6.45) is -0.349. The molecule has 0 bridgehead atoms. The quantitative estimate of drug-likeness (QED) is 0.723. The molecule has 0 aliphatic carbocycles. The van der Waals surface area contributed by atoms with Crippen molar-refractivity contribution in [2.75, 3.05) is 13.2 Å². The molecule has 2 aliphatic rings. The number of rotatable bonds is 2. The maximum absolute atomic E-state index is 12.0. The highest BCUT2D eigenvalue weighted by Crippen LogP contribution is 2.30. The highest BCUT2D eigenvalue weighted by atomic mass is 16.7. The molecular formula is C14H25NO5. The molecule has 2 N–H and O–H groups in total. The minimum atomic E-state index is -1.01. The molecule has 0 unspecified atom stereocenters. The second-order valence-corrected chi connectivity index (χ2v) is 7.01. The van der Waals surface area contributed by atoms with Crippen molar-refractivity contribution < 1.29 is 24.1 Å². The SMILES string of the molecule is CC1(C)CC(OC(=O)C2OCC(O)CO2)CC(C)(C)N1. The van der Waals surface area contributed by atoms with E-state index in [2.05, 4.69) is 33.0 Å². The van der Waals surface area contributed by atoms with Crippen molar-refractivity contribution in [3.8, 4) is 0 Å². The molecule has 2 aliphatic heterocycles. The van der Waals surface area contributed by atoms with E-state index in [-0.39, 0.29) is 30.4 Å². The van der Waals surface area contributed by atoms with E-state index in [1.807, 2.05) is 0 Å². The van der Waals surface area contributed by atoms with Crippen LogP contribution in [0.15, 0.2) is 0 Å². The van der Waals surface area contributed by atoms with Gasteiger partial charge >= 0.3 is 5.97 Å². The van der Waals surface area contributed by atoms with Crippen molar-refractivity contribution in [1.82, 2.24) is 5.32 Å². The summed E-state index contributed by atoms with van der Waals surface area (Å²) in [7, 11) is 0. The van der Waals surface area contributed by atoms with Crippen LogP contribution in [-0.4, -0.2) is 53.9 Å². The van der Waals surface area contributed by atoms with Crippen LogP contribution in [0.25, 0.3) is 0 Å². The van der Waals surface area contributed by atoms with E-state index in [1.54, 1.807) is 0 Å². The maximum atomic E-state index is 12.0. The minimum absolute atomic E-state index is 0.0861. The number of hydrogen-bond donors (Lipinski definition) is 2. The highest BCUT2D eigenvalue weighted by molar-refractivity contribution is 5.73. The first kappa shape index (κ1) is 15.7. The summed E-state index contributed by atoms with van der Waals surface area (Å²) in [4.78, 5) is 12.0. The summed E-state index contributed by atoms with van der Waals surface area (Å²) < 4.78 is 15.8. The van der Waals surface area contributed by atoms with Crippen LogP contribution in [-0.2, 0) is 19.0 Å². The summed E-state index contributed by atoms with van der Waals surface area (Å²) in [5, 5.41) is 12.8. The summed E-state index contributed by atoms with van der Waals surface area (Å²) in [5.74, 6) is -0.504. The number of aliphatic hydroxyl groups is 1. The van der Waals surface area contributed by atoms with E-state index in [4.69, 9.17) is 14.2 Å². The largest absolute Gasteiger partial charge is 0.458 e. The zero-order valence-corrected chi connectivity index (χ0v) is 12.6. The normalized spacial score (nSPS) is 33.6. The number of esters is 1. The fraction of sp³-hybridized carbons (Fsp3) is 0.929. The lowest BCUT2D eigenvalue weighted by Crippen LogP contribution is -2.60. The fourth-order valence-electron chi connectivity index (χ4n) is 3.16. The number of piperidine rings is 1. The molecule has 2 fully saturated rings. The second-order valence-electron chi connectivity index (χ2n) is 7.01. The first-order valence-electron chi connectivity index (χ1n) is 7.08. The van der Waals surface area contributed by atoms with Crippen LogP contribution in [0.5, 0.6) is 0 Å². The van der Waals surface area contributed by atoms with E-state index in [9.17, 15) is 9.90 Å². The van der Waals surface area contributed by atoms with Gasteiger partial charge in [0.15, 0.2) is 0 Å². The van der Waals surface area contributed by atoms with Crippen molar-refractivity contribution >= 4 is 5.97 Å². The first-order valence-corrected chi connectivity index (χ1v) is 7.08. The predicted molar refractivity (Wildman–Crippen MR) is 72.1 cm³/mol. The van der Waals surface area contributed by atoms with Gasteiger partial charge in [-0.2, -0.15) is 0 Å². The molecule has 0 aromatic carbocycles. The molecule has 2 saturated heterocycles. The van der Waals surface area contributed by atoms with Crippen molar-refractivity contribution in [2.45, 2.75) is 70.1 Å². The molecule has 0 spiro atoms. The molecular weight excluding hydrogens is 262 g/mol. The lowest BCUT2D eigenvalue weighted by atomic mass is 9.81. The standard InChI is InChI=1S/C14H25NO5/c1-13(2)5-10(6-14(3,4)15-13)20-11(17)12-18-7-9(16)8-19-12/h9-10,12,15-16H,5-8H2,1-4H3. The Hall–Kier alpha value is -0.690. The summed E-state index contributed by atoms with van der Waals surface area (Å²) >= 11 is 0. The van der Waals surface area contributed by atoms with Gasteiger partial charge in [0.25, 0.3) is 6.29 Å². The topological polar surface area (TPSA) is 77.0 Å². The number of aliphatic hydroxyl groups excluding tert-OH is 1. The lowest BCUT2D eigenvalue weighted by Gasteiger charge is -2.46. The Morgan fingerprint density at radius 3 is 2.15 bits per heavy atom. The molecule has 116 valence electrons. The average molecular weight is 287 g/mol. The fourth-order valence-corrected chi connectivity index (χ4v) is 3.16. The summed E-state index contributed by atoms with van der Waals surface area (Å²) in [6, 6.07) is 0. The number of carbonyl (C=O) groups excluding carboxylic acids is 1. The van der Waals surface area contributed by atoms with Gasteiger partial charge in [0.05, 0.1) is 13.2 Å². The molecule has 0 aromatic rings. The van der Waals surface area contributed by atoms with Gasteiger partial charge in [0.2, 0.25) is 0 Å². The molecule has 0 radical (unpaired) electrons. The Bertz CT molecular complexity index is 345. The molecule has 2 heterocycles. The third-order valence-electron chi connectivity index (χ3n) is 3.51. The second kappa shape index (κ2) is 5.60. The van der Waals surface area contributed by atoms with Crippen LogP contribution in [0.4, 0.5) is 0 Å². The molecule has 2 rings (SSSR count). The van der Waals surface area contributed by atoms with Gasteiger partial charge in [-0.3, -0.25) is 0 Å². The molecule has 6 nitrogen and oxygen atoms in total. The lowest BCUT2D eigenvalue weighted by molar-refractivity contribution is -0.235. The average Bonchev–Trinajstić information content (AvgIpc) is 2.25. The van der Waals surface area contributed by atoms with Crippen molar-refractivity contribution in [3.63, 3.8) is 0 Å². The van der Waals surface area contributed by atoms with Crippen LogP contribution < -0.4 is 5.32 Å². The number of hydrogen-bond acceptors (Lipinski definition) is 6. The zero-order chi connectivity index (χ0) is 15.0. The highest BCUT2D eigenvalue weighted by Gasteiger charge is 2.40. The molecule has 0 atom stereocenters. The van der Waals surface area contributed by atoms with Gasteiger partial charge in [0.1, 0.15) is 12.2 Å². The molecule has 6 heteroatoms. The van der Waals surface area contributed by atoms with Crippen LogP contribution in [0, 0.1) is 0 Å². The Kier molecular flexibility index (Phi) is 4.39. The van der Waals surface area contributed by atoms with Crippen molar-refractivity contribution in [2.24, 2.45) is 0 Å². The summed E-state index contributed by atoms with van der Waals surface area (Å²) in [5.41, 5.74) is -0.172. The Labute approximate surface area is 119 Å². The smallest absolute Gasteiger partial charge is 0.363 e. The van der Waals surface area contributed by atoms with Gasteiger partial charge in [-0.05, 0) is 27.7 Å². The number of carbonyl (C=O) groups is 1. The Morgan fingerprint density at radius 1 is 1.15 bits per heavy atom. The third-order valence-corrected chi connectivity index (χ3v) is 3.51. The zero-order valence-electron chi connectivity index (χ0n) is 12.6. The first-order chi connectivity index (χ1) is 9.17. The van der Waals surface area contributed by atoms with E-state index in [0.29, 0.717) is 0 Å². The molecule has 20 heavy (non-hydrogen) atoms. The van der Waals surface area contributed by atoms with E-state index >= 15 is 0 Å². The van der Waals surface area contributed by atoms with Crippen molar-refractivity contribution in [1.29, 1.82) is 0 Å². The van der Waals surface area contributed by atoms with Crippen LogP contribution >= 0.6 is 0 Å². The molecule has 0 amide bonds. The van der Waals surface area contributed by atoms with Gasteiger partial charge < -0.3 is 24.6 Å². The number of ether oxygens (including phenoxy) is 3. The monoisotopic (exact) mass is 287 g/mol. The molecule has 0 aromatic heterocycles. The van der Waals surface area contributed by atoms with E-state index in [0.717, 1.165) is 12.8 Å². The Balaban J connectivity index is 1.90. The van der Waals surface area contributed by atoms with Gasteiger partial charge in [-0.25, -0.2) is 4.79 Å². The molecule has 0 saturated carbocycles. The van der Waals surface area contributed by atoms with Crippen LogP contribution in [0.2, 0.25) is 0 Å². The van der Waals surface area contributed by atoms with Gasteiger partial charge in [-0.1, -0.05) is 0 Å². The van der Waals surface area contributed by atoms with E-state index < -0.39 is 18.4 Å².